The van der Waals surface area contributed by atoms with Crippen molar-refractivity contribution in [2.24, 2.45) is 0 Å². The minimum Gasteiger partial charge on any atom is -0.342 e. The second-order valence-corrected chi connectivity index (χ2v) is 4.54. The smallest absolute Gasteiger partial charge is 0.270 e. The summed E-state index contributed by atoms with van der Waals surface area (Å²) in [7, 11) is 0. The highest BCUT2D eigenvalue weighted by Gasteiger charge is 2.23. The van der Waals surface area contributed by atoms with Crippen molar-refractivity contribution in [3.63, 3.8) is 0 Å². The molecule has 1 aromatic heterocycles. The minimum atomic E-state index is -0.322. The molecule has 1 atom stereocenters. The van der Waals surface area contributed by atoms with Crippen LogP contribution in [0.25, 0.3) is 0 Å². The van der Waals surface area contributed by atoms with E-state index in [1.165, 1.54) is 0 Å². The Hall–Kier alpha value is -1.95. The Kier molecular flexibility index (Phi) is 4.46. The molecule has 0 spiro atoms. The molecule has 0 aromatic carbocycles. The summed E-state index contributed by atoms with van der Waals surface area (Å²) in [5, 5.41) is 5.82. The summed E-state index contributed by atoms with van der Waals surface area (Å²) in [5.41, 5.74) is 0.323. The summed E-state index contributed by atoms with van der Waals surface area (Å²) in [6, 6.07) is 5.26. The number of aromatic nitrogens is 1. The van der Waals surface area contributed by atoms with Crippen LogP contribution in [0.1, 0.15) is 17.4 Å². The van der Waals surface area contributed by atoms with Crippen LogP contribution in [-0.4, -0.2) is 53.9 Å². The third-order valence-electron chi connectivity index (χ3n) is 3.12. The predicted octanol–water partition coefficient (Wildman–Crippen LogP) is -0.368. The summed E-state index contributed by atoms with van der Waals surface area (Å²) in [6.45, 7) is 4.27. The first-order valence-electron chi connectivity index (χ1n) is 6.38. The molecule has 0 radical (unpaired) electrons. The van der Waals surface area contributed by atoms with Crippen molar-refractivity contribution in [3.05, 3.63) is 30.1 Å². The average Bonchev–Trinajstić information content (AvgIpc) is 2.46. The predicted molar refractivity (Wildman–Crippen MR) is 70.6 cm³/mol. The molecule has 1 fully saturated rings. The average molecular weight is 262 g/mol. The Morgan fingerprint density at radius 2 is 2.37 bits per heavy atom. The highest BCUT2D eigenvalue weighted by atomic mass is 16.2. The van der Waals surface area contributed by atoms with E-state index in [2.05, 4.69) is 15.6 Å². The number of nitrogens with one attached hydrogen (secondary N) is 2. The first kappa shape index (κ1) is 13.5. The number of rotatable bonds is 3. The van der Waals surface area contributed by atoms with Gasteiger partial charge in [-0.15, -0.1) is 0 Å². The third kappa shape index (κ3) is 3.51. The SMILES string of the molecule is CC1CNCCN1C(=O)CNC(=O)c1ccccn1. The number of amides is 2. The quantitative estimate of drug-likeness (QED) is 0.779. The topological polar surface area (TPSA) is 74.3 Å². The van der Waals surface area contributed by atoms with E-state index in [0.29, 0.717) is 12.2 Å². The van der Waals surface area contributed by atoms with Crippen LogP contribution in [0.5, 0.6) is 0 Å². The van der Waals surface area contributed by atoms with Crippen LogP contribution in [0.3, 0.4) is 0 Å². The second kappa shape index (κ2) is 6.29. The lowest BCUT2D eigenvalue weighted by atomic mass is 10.2. The molecule has 1 unspecified atom stereocenters. The molecule has 6 heteroatoms. The van der Waals surface area contributed by atoms with Crippen LogP contribution < -0.4 is 10.6 Å². The van der Waals surface area contributed by atoms with Crippen LogP contribution >= 0.6 is 0 Å². The van der Waals surface area contributed by atoms with Crippen molar-refractivity contribution < 1.29 is 9.59 Å². The Morgan fingerprint density at radius 1 is 1.53 bits per heavy atom. The molecule has 2 N–H and O–H groups in total. The number of hydrogen-bond donors (Lipinski definition) is 2. The summed E-state index contributed by atoms with van der Waals surface area (Å²) in [4.78, 5) is 29.5. The van der Waals surface area contributed by atoms with Crippen LogP contribution in [0.2, 0.25) is 0 Å². The Bertz CT molecular complexity index is 449. The lowest BCUT2D eigenvalue weighted by Crippen LogP contribution is -2.54. The van der Waals surface area contributed by atoms with E-state index in [4.69, 9.17) is 0 Å². The maximum absolute atomic E-state index is 12.0. The number of hydrogen-bond acceptors (Lipinski definition) is 4. The van der Waals surface area contributed by atoms with Crippen LogP contribution in [-0.2, 0) is 4.79 Å². The fourth-order valence-corrected chi connectivity index (χ4v) is 2.06. The molecule has 2 amide bonds. The van der Waals surface area contributed by atoms with Crippen molar-refractivity contribution >= 4 is 11.8 Å². The van der Waals surface area contributed by atoms with Gasteiger partial charge in [0.2, 0.25) is 5.91 Å². The number of nitrogens with zero attached hydrogens (tertiary/aromatic N) is 2. The molecule has 1 aliphatic rings. The summed E-state index contributed by atoms with van der Waals surface area (Å²) >= 11 is 0. The zero-order chi connectivity index (χ0) is 13.7. The third-order valence-corrected chi connectivity index (χ3v) is 3.12. The molecule has 19 heavy (non-hydrogen) atoms. The molecule has 102 valence electrons. The van der Waals surface area contributed by atoms with Gasteiger partial charge in [0.15, 0.2) is 0 Å². The summed E-state index contributed by atoms with van der Waals surface area (Å²) < 4.78 is 0. The van der Waals surface area contributed by atoms with Gasteiger partial charge in [-0.3, -0.25) is 14.6 Å². The van der Waals surface area contributed by atoms with E-state index >= 15 is 0 Å². The summed E-state index contributed by atoms with van der Waals surface area (Å²) in [6.07, 6.45) is 1.55. The van der Waals surface area contributed by atoms with E-state index in [0.717, 1.165) is 13.1 Å². The molecule has 0 saturated carbocycles. The van der Waals surface area contributed by atoms with Crippen LogP contribution in [0.15, 0.2) is 24.4 Å². The lowest BCUT2D eigenvalue weighted by molar-refractivity contribution is -0.132. The fourth-order valence-electron chi connectivity index (χ4n) is 2.06. The normalized spacial score (nSPS) is 19.0. The molecular weight excluding hydrogens is 244 g/mol. The molecule has 2 heterocycles. The van der Waals surface area contributed by atoms with Crippen molar-refractivity contribution in [1.82, 2.24) is 20.5 Å². The van der Waals surface area contributed by atoms with Crippen LogP contribution in [0.4, 0.5) is 0 Å². The van der Waals surface area contributed by atoms with Crippen molar-refractivity contribution in [2.75, 3.05) is 26.2 Å². The van der Waals surface area contributed by atoms with Gasteiger partial charge in [-0.1, -0.05) is 6.07 Å². The Balaban J connectivity index is 1.85. The first-order chi connectivity index (χ1) is 9.18. The Morgan fingerprint density at radius 3 is 3.05 bits per heavy atom. The number of piperazine rings is 1. The van der Waals surface area contributed by atoms with E-state index < -0.39 is 0 Å². The van der Waals surface area contributed by atoms with E-state index in [-0.39, 0.29) is 24.4 Å². The molecule has 1 aromatic rings. The van der Waals surface area contributed by atoms with Crippen molar-refractivity contribution in [3.8, 4) is 0 Å². The van der Waals surface area contributed by atoms with Gasteiger partial charge in [-0.05, 0) is 19.1 Å². The van der Waals surface area contributed by atoms with Gasteiger partial charge in [-0.25, -0.2) is 0 Å². The Labute approximate surface area is 112 Å². The standard InChI is InChI=1S/C13H18N4O2/c1-10-8-14-6-7-17(10)12(18)9-16-13(19)11-4-2-3-5-15-11/h2-5,10,14H,6-9H2,1H3,(H,16,19). The first-order valence-corrected chi connectivity index (χ1v) is 6.38. The highest BCUT2D eigenvalue weighted by Crippen LogP contribution is 2.02. The van der Waals surface area contributed by atoms with Gasteiger partial charge in [0.05, 0.1) is 6.54 Å². The van der Waals surface area contributed by atoms with E-state index in [9.17, 15) is 9.59 Å². The largest absolute Gasteiger partial charge is 0.342 e. The zero-order valence-electron chi connectivity index (χ0n) is 10.9. The van der Waals surface area contributed by atoms with E-state index in [1.54, 1.807) is 29.3 Å². The number of carbonyl (C=O) groups excluding carboxylic acids is 2. The number of carbonyl (C=O) groups is 2. The molecule has 1 saturated heterocycles. The summed E-state index contributed by atoms with van der Waals surface area (Å²) in [5.74, 6) is -0.380. The van der Waals surface area contributed by atoms with Gasteiger partial charge < -0.3 is 15.5 Å². The molecule has 6 nitrogen and oxygen atoms in total. The number of pyridine rings is 1. The molecule has 0 bridgehead atoms. The molecule has 1 aliphatic heterocycles. The minimum absolute atomic E-state index is 0.0136. The van der Waals surface area contributed by atoms with E-state index in [1.807, 2.05) is 6.92 Å². The van der Waals surface area contributed by atoms with Gasteiger partial charge in [0.1, 0.15) is 5.69 Å². The maximum atomic E-state index is 12.0. The van der Waals surface area contributed by atoms with Gasteiger partial charge in [0, 0.05) is 31.9 Å². The zero-order valence-corrected chi connectivity index (χ0v) is 10.9. The molecular formula is C13H18N4O2. The van der Waals surface area contributed by atoms with Crippen LogP contribution in [0, 0.1) is 0 Å². The van der Waals surface area contributed by atoms with Gasteiger partial charge in [-0.2, -0.15) is 0 Å². The maximum Gasteiger partial charge on any atom is 0.270 e. The molecule has 0 aliphatic carbocycles. The second-order valence-electron chi connectivity index (χ2n) is 4.54. The molecule has 2 rings (SSSR count). The monoisotopic (exact) mass is 262 g/mol. The fraction of sp³-hybridized carbons (Fsp3) is 0.462. The van der Waals surface area contributed by atoms with Gasteiger partial charge in [0.25, 0.3) is 5.91 Å². The van der Waals surface area contributed by atoms with Crippen molar-refractivity contribution in [1.29, 1.82) is 0 Å². The van der Waals surface area contributed by atoms with Gasteiger partial charge >= 0.3 is 0 Å². The van der Waals surface area contributed by atoms with Crippen molar-refractivity contribution in [2.45, 2.75) is 13.0 Å². The highest BCUT2D eigenvalue weighted by molar-refractivity contribution is 5.94. The lowest BCUT2D eigenvalue weighted by Gasteiger charge is -2.34.